The van der Waals surface area contributed by atoms with Crippen molar-refractivity contribution in [1.82, 2.24) is 0 Å². The molecule has 0 spiro atoms. The monoisotopic (exact) mass is 214 g/mol. The van der Waals surface area contributed by atoms with Crippen molar-refractivity contribution in [2.75, 3.05) is 11.5 Å². The third kappa shape index (κ3) is 4.48. The Kier molecular flexibility index (Phi) is 5.16. The molecule has 0 N–H and O–H groups in total. The van der Waals surface area contributed by atoms with Crippen LogP contribution in [0.3, 0.4) is 0 Å². The van der Waals surface area contributed by atoms with Gasteiger partial charge in [-0.2, -0.15) is 11.8 Å². The summed E-state index contributed by atoms with van der Waals surface area (Å²) in [7, 11) is 0. The van der Waals surface area contributed by atoms with E-state index in [-0.39, 0.29) is 0 Å². The van der Waals surface area contributed by atoms with Gasteiger partial charge in [0.05, 0.1) is 5.75 Å². The van der Waals surface area contributed by atoms with E-state index in [1.807, 2.05) is 17.5 Å². The minimum absolute atomic E-state index is 0.348. The van der Waals surface area contributed by atoms with Gasteiger partial charge >= 0.3 is 0 Å². The maximum Gasteiger partial charge on any atom is 0.147 e. The molecule has 0 saturated carbocycles. The van der Waals surface area contributed by atoms with E-state index < -0.39 is 0 Å². The van der Waals surface area contributed by atoms with E-state index in [0.29, 0.717) is 18.0 Å². The van der Waals surface area contributed by atoms with Crippen LogP contribution in [0.25, 0.3) is 0 Å². The molecule has 0 radical (unpaired) electrons. The van der Waals surface area contributed by atoms with Crippen LogP contribution in [0, 0.1) is 0 Å². The van der Waals surface area contributed by atoms with E-state index in [9.17, 15) is 4.79 Å². The maximum atomic E-state index is 11.4. The predicted octanol–water partition coefficient (Wildman–Crippen LogP) is 3.00. The number of hydrogen-bond donors (Lipinski definition) is 0. The zero-order valence-electron chi connectivity index (χ0n) is 7.79. The van der Waals surface area contributed by atoms with Gasteiger partial charge in [-0.15, -0.1) is 11.3 Å². The number of thiophene rings is 1. The molecule has 3 heteroatoms. The zero-order valence-corrected chi connectivity index (χ0v) is 9.42. The highest BCUT2D eigenvalue weighted by molar-refractivity contribution is 7.99. The molecule has 0 saturated heterocycles. The molecule has 1 heterocycles. The average Bonchev–Trinajstić information content (AvgIpc) is 2.57. The first-order valence-electron chi connectivity index (χ1n) is 4.44. The molecule has 0 atom stereocenters. The first kappa shape index (κ1) is 10.8. The molecule has 0 unspecified atom stereocenters. The van der Waals surface area contributed by atoms with Crippen LogP contribution in [0.5, 0.6) is 0 Å². The van der Waals surface area contributed by atoms with Gasteiger partial charge in [0.1, 0.15) is 5.78 Å². The van der Waals surface area contributed by atoms with Gasteiger partial charge in [0.2, 0.25) is 0 Å². The van der Waals surface area contributed by atoms with E-state index in [2.05, 4.69) is 6.92 Å². The summed E-state index contributed by atoms with van der Waals surface area (Å²) in [6.45, 7) is 2.14. The van der Waals surface area contributed by atoms with Crippen molar-refractivity contribution in [2.45, 2.75) is 19.8 Å². The Labute approximate surface area is 87.5 Å². The molecule has 72 valence electrons. The zero-order chi connectivity index (χ0) is 9.52. The summed E-state index contributed by atoms with van der Waals surface area (Å²) in [5.41, 5.74) is 0. The Morgan fingerprint density at radius 2 is 2.46 bits per heavy atom. The number of thioether (sulfide) groups is 1. The first-order chi connectivity index (χ1) is 6.33. The summed E-state index contributed by atoms with van der Waals surface area (Å²) in [6.07, 6.45) is 1.77. The normalized spacial score (nSPS) is 10.2. The molecule has 0 bridgehead atoms. The van der Waals surface area contributed by atoms with Gasteiger partial charge in [-0.05, 0) is 23.6 Å². The molecule has 0 fully saturated rings. The van der Waals surface area contributed by atoms with Crippen LogP contribution in [0.15, 0.2) is 17.5 Å². The largest absolute Gasteiger partial charge is 0.298 e. The highest BCUT2D eigenvalue weighted by Crippen LogP contribution is 2.11. The number of carbonyl (C=O) groups excluding carboxylic acids is 1. The Balaban J connectivity index is 2.18. The maximum absolute atomic E-state index is 11.4. The van der Waals surface area contributed by atoms with E-state index in [0.717, 1.165) is 12.2 Å². The fourth-order valence-electron chi connectivity index (χ4n) is 0.989. The Morgan fingerprint density at radius 3 is 3.08 bits per heavy atom. The predicted molar refractivity (Wildman–Crippen MR) is 60.6 cm³/mol. The van der Waals surface area contributed by atoms with E-state index >= 15 is 0 Å². The van der Waals surface area contributed by atoms with Gasteiger partial charge in [0.15, 0.2) is 0 Å². The lowest BCUT2D eigenvalue weighted by molar-refractivity contribution is -0.115. The Morgan fingerprint density at radius 1 is 1.62 bits per heavy atom. The fraction of sp³-hybridized carbons (Fsp3) is 0.500. The lowest BCUT2D eigenvalue weighted by Gasteiger charge is -1.97. The molecule has 0 aliphatic heterocycles. The number of ketones is 1. The van der Waals surface area contributed by atoms with Gasteiger partial charge in [-0.25, -0.2) is 0 Å². The number of Topliss-reactive ketones (excluding diaryl/α,β-unsaturated/α-hetero) is 1. The summed E-state index contributed by atoms with van der Waals surface area (Å²) < 4.78 is 0. The molecular formula is C10H14OS2. The summed E-state index contributed by atoms with van der Waals surface area (Å²) in [5, 5.41) is 2.02. The molecule has 0 amide bonds. The van der Waals surface area contributed by atoms with Gasteiger partial charge in [-0.3, -0.25) is 4.79 Å². The van der Waals surface area contributed by atoms with Crippen LogP contribution in [0.2, 0.25) is 0 Å². The minimum Gasteiger partial charge on any atom is -0.298 e. The van der Waals surface area contributed by atoms with Crippen LogP contribution in [-0.2, 0) is 11.2 Å². The van der Waals surface area contributed by atoms with Crippen molar-refractivity contribution in [3.8, 4) is 0 Å². The summed E-state index contributed by atoms with van der Waals surface area (Å²) in [6, 6.07) is 4.01. The number of carbonyl (C=O) groups is 1. The van der Waals surface area contributed by atoms with Gasteiger partial charge in [0, 0.05) is 11.3 Å². The molecule has 1 aromatic heterocycles. The first-order valence-corrected chi connectivity index (χ1v) is 6.48. The second-order valence-electron chi connectivity index (χ2n) is 2.85. The van der Waals surface area contributed by atoms with Crippen LogP contribution >= 0.6 is 23.1 Å². The molecule has 13 heavy (non-hydrogen) atoms. The second-order valence-corrected chi connectivity index (χ2v) is 4.98. The van der Waals surface area contributed by atoms with Crippen molar-refractivity contribution >= 4 is 28.9 Å². The molecular weight excluding hydrogens is 200 g/mol. The quantitative estimate of drug-likeness (QED) is 0.677. The van der Waals surface area contributed by atoms with Gasteiger partial charge in [0.25, 0.3) is 0 Å². The molecule has 0 aliphatic carbocycles. The average molecular weight is 214 g/mol. The second kappa shape index (κ2) is 6.22. The van der Waals surface area contributed by atoms with E-state index in [1.165, 1.54) is 4.88 Å². The van der Waals surface area contributed by atoms with Gasteiger partial charge < -0.3 is 0 Å². The number of rotatable bonds is 6. The van der Waals surface area contributed by atoms with Crippen LogP contribution in [0.4, 0.5) is 0 Å². The van der Waals surface area contributed by atoms with E-state index in [4.69, 9.17) is 0 Å². The van der Waals surface area contributed by atoms with Crippen molar-refractivity contribution in [1.29, 1.82) is 0 Å². The lowest BCUT2D eigenvalue weighted by Crippen LogP contribution is -2.04. The van der Waals surface area contributed by atoms with Gasteiger partial charge in [-0.1, -0.05) is 13.0 Å². The smallest absolute Gasteiger partial charge is 0.147 e. The summed E-state index contributed by atoms with van der Waals surface area (Å²) in [5.74, 6) is 2.11. The minimum atomic E-state index is 0.348. The van der Waals surface area contributed by atoms with E-state index in [1.54, 1.807) is 23.1 Å². The third-order valence-corrected chi connectivity index (χ3v) is 3.66. The number of hydrogen-bond acceptors (Lipinski definition) is 3. The lowest BCUT2D eigenvalue weighted by atomic mass is 10.3. The highest BCUT2D eigenvalue weighted by atomic mass is 32.2. The van der Waals surface area contributed by atoms with Crippen molar-refractivity contribution in [2.24, 2.45) is 0 Å². The van der Waals surface area contributed by atoms with Crippen LogP contribution < -0.4 is 0 Å². The third-order valence-electron chi connectivity index (χ3n) is 1.56. The van der Waals surface area contributed by atoms with Crippen molar-refractivity contribution in [3.63, 3.8) is 0 Å². The molecule has 0 aromatic carbocycles. The summed E-state index contributed by atoms with van der Waals surface area (Å²) >= 11 is 3.40. The molecule has 0 aliphatic rings. The van der Waals surface area contributed by atoms with Crippen molar-refractivity contribution < 1.29 is 4.79 Å². The Bertz CT molecular complexity index is 241. The topological polar surface area (TPSA) is 17.1 Å². The highest BCUT2D eigenvalue weighted by Gasteiger charge is 2.03. The fourth-order valence-corrected chi connectivity index (χ4v) is 2.48. The van der Waals surface area contributed by atoms with Crippen LogP contribution in [0.1, 0.15) is 18.2 Å². The van der Waals surface area contributed by atoms with Crippen molar-refractivity contribution in [3.05, 3.63) is 22.4 Å². The Hall–Kier alpha value is -0.280. The molecule has 1 aromatic rings. The molecule has 1 nitrogen and oxygen atoms in total. The SMILES string of the molecule is CCCSCC(=O)Cc1cccs1. The standard InChI is InChI=1S/C10H14OS2/c1-2-5-12-8-9(11)7-10-4-3-6-13-10/h3-4,6H,2,5,7-8H2,1H3. The van der Waals surface area contributed by atoms with Crippen LogP contribution in [-0.4, -0.2) is 17.3 Å². The molecule has 1 rings (SSSR count). The summed E-state index contributed by atoms with van der Waals surface area (Å²) in [4.78, 5) is 12.6.